The van der Waals surface area contributed by atoms with Crippen LogP contribution in [-0.2, 0) is 13.6 Å². The van der Waals surface area contributed by atoms with Crippen LogP contribution in [0.25, 0.3) is 0 Å². The van der Waals surface area contributed by atoms with Gasteiger partial charge in [0.05, 0.1) is 6.04 Å². The van der Waals surface area contributed by atoms with Gasteiger partial charge in [0, 0.05) is 38.0 Å². The fraction of sp³-hybridized carbons (Fsp3) is 0.421. The number of hydrazine groups is 1. The van der Waals surface area contributed by atoms with E-state index in [0.29, 0.717) is 18.3 Å². The standard InChI is InChI=1S/C19H23N5O2/c1-12-3-6-16-15(7-12)14(9-20-16)10-21-22-17-8-18(25)23(2)19(26)24(17)11-13-4-5-13/h3,6-10,13,15-16,21-22H,4-5,11H2,1-2H3/b14-10+. The molecule has 0 spiro atoms. The number of fused-ring (bicyclic) bond motifs is 1. The van der Waals surface area contributed by atoms with Gasteiger partial charge in [0.2, 0.25) is 0 Å². The van der Waals surface area contributed by atoms with Gasteiger partial charge in [0.15, 0.2) is 0 Å². The number of hydrogen-bond acceptors (Lipinski definition) is 5. The zero-order valence-electron chi connectivity index (χ0n) is 15.0. The maximum atomic E-state index is 12.4. The Labute approximate surface area is 151 Å². The Kier molecular flexibility index (Phi) is 4.14. The van der Waals surface area contributed by atoms with Crippen LogP contribution in [0, 0.1) is 11.8 Å². The number of aromatic nitrogens is 2. The zero-order valence-corrected chi connectivity index (χ0v) is 15.0. The molecule has 2 aliphatic carbocycles. The molecule has 1 aromatic heterocycles. The van der Waals surface area contributed by atoms with E-state index in [2.05, 4.69) is 41.0 Å². The number of anilines is 1. The predicted molar refractivity (Wildman–Crippen MR) is 102 cm³/mol. The predicted octanol–water partition coefficient (Wildman–Crippen LogP) is 1.34. The lowest BCUT2D eigenvalue weighted by Crippen LogP contribution is -2.40. The van der Waals surface area contributed by atoms with Gasteiger partial charge >= 0.3 is 5.69 Å². The normalized spacial score (nSPS) is 25.3. The number of nitrogens with one attached hydrogen (secondary N) is 2. The molecule has 4 rings (SSSR count). The highest BCUT2D eigenvalue weighted by atomic mass is 16.2. The summed E-state index contributed by atoms with van der Waals surface area (Å²) in [4.78, 5) is 28.9. The molecule has 2 N–H and O–H groups in total. The molecule has 7 nitrogen and oxygen atoms in total. The first kappa shape index (κ1) is 16.6. The summed E-state index contributed by atoms with van der Waals surface area (Å²) in [6.07, 6.45) is 12.4. The molecule has 7 heteroatoms. The first-order chi connectivity index (χ1) is 12.5. The van der Waals surface area contributed by atoms with Crippen LogP contribution in [0.4, 0.5) is 5.82 Å². The van der Waals surface area contributed by atoms with Crippen LogP contribution >= 0.6 is 0 Å². The molecular formula is C19H23N5O2. The van der Waals surface area contributed by atoms with E-state index < -0.39 is 0 Å². The van der Waals surface area contributed by atoms with E-state index >= 15 is 0 Å². The molecule has 0 amide bonds. The molecule has 0 radical (unpaired) electrons. The third kappa shape index (κ3) is 3.16. The Balaban J connectivity index is 1.53. The van der Waals surface area contributed by atoms with Gasteiger partial charge in [-0.25, -0.2) is 4.79 Å². The smallest absolute Gasteiger partial charge is 0.307 e. The van der Waals surface area contributed by atoms with E-state index in [9.17, 15) is 9.59 Å². The Bertz CT molecular complexity index is 959. The lowest BCUT2D eigenvalue weighted by atomic mass is 9.89. The maximum absolute atomic E-state index is 12.4. The van der Waals surface area contributed by atoms with Crippen LogP contribution < -0.4 is 22.1 Å². The Morgan fingerprint density at radius 3 is 2.92 bits per heavy atom. The molecule has 1 fully saturated rings. The van der Waals surface area contributed by atoms with Crippen LogP contribution in [0.2, 0.25) is 0 Å². The zero-order chi connectivity index (χ0) is 18.3. The summed E-state index contributed by atoms with van der Waals surface area (Å²) >= 11 is 0. The lowest BCUT2D eigenvalue weighted by Gasteiger charge is -2.18. The topological polar surface area (TPSA) is 80.4 Å². The van der Waals surface area contributed by atoms with Crippen molar-refractivity contribution in [1.82, 2.24) is 14.6 Å². The monoisotopic (exact) mass is 353 g/mol. The maximum Gasteiger partial charge on any atom is 0.332 e. The van der Waals surface area contributed by atoms with Gasteiger partial charge in [-0.3, -0.25) is 24.3 Å². The fourth-order valence-electron chi connectivity index (χ4n) is 3.34. The molecule has 2 unspecified atom stereocenters. The van der Waals surface area contributed by atoms with Gasteiger partial charge in [0.25, 0.3) is 5.56 Å². The molecule has 2 heterocycles. The van der Waals surface area contributed by atoms with Crippen molar-refractivity contribution in [2.45, 2.75) is 32.4 Å². The van der Waals surface area contributed by atoms with Crippen molar-refractivity contribution in [2.75, 3.05) is 5.43 Å². The number of hydrogen-bond donors (Lipinski definition) is 2. The van der Waals surface area contributed by atoms with Gasteiger partial charge in [-0.1, -0.05) is 23.8 Å². The minimum atomic E-state index is -0.322. The van der Waals surface area contributed by atoms with Crippen molar-refractivity contribution >= 4 is 12.0 Å². The van der Waals surface area contributed by atoms with Crippen LogP contribution in [0.3, 0.4) is 0 Å². The van der Waals surface area contributed by atoms with E-state index in [-0.39, 0.29) is 23.2 Å². The summed E-state index contributed by atoms with van der Waals surface area (Å²) < 4.78 is 2.77. The molecule has 1 aromatic rings. The van der Waals surface area contributed by atoms with Crippen molar-refractivity contribution in [3.8, 4) is 0 Å². The SMILES string of the molecule is CC1=CC2/C(=C/NNc3cc(=O)n(C)c(=O)n3CC3CC3)C=NC2C=C1. The lowest BCUT2D eigenvalue weighted by molar-refractivity contribution is 0.562. The van der Waals surface area contributed by atoms with Gasteiger partial charge in [-0.05, 0) is 31.3 Å². The third-order valence-corrected chi connectivity index (χ3v) is 5.12. The molecule has 1 aliphatic heterocycles. The van der Waals surface area contributed by atoms with Gasteiger partial charge in [0.1, 0.15) is 5.82 Å². The average molecular weight is 353 g/mol. The highest BCUT2D eigenvalue weighted by molar-refractivity contribution is 5.83. The summed E-state index contributed by atoms with van der Waals surface area (Å²) in [5.74, 6) is 1.24. The van der Waals surface area contributed by atoms with Crippen molar-refractivity contribution < 1.29 is 0 Å². The largest absolute Gasteiger partial charge is 0.332 e. The summed E-state index contributed by atoms with van der Waals surface area (Å²) in [6, 6.07) is 1.61. The van der Waals surface area contributed by atoms with Crippen LogP contribution in [-0.4, -0.2) is 21.4 Å². The third-order valence-electron chi connectivity index (χ3n) is 5.12. The van der Waals surface area contributed by atoms with E-state index in [0.717, 1.165) is 23.0 Å². The van der Waals surface area contributed by atoms with Crippen LogP contribution in [0.1, 0.15) is 19.8 Å². The van der Waals surface area contributed by atoms with Crippen molar-refractivity contribution in [3.05, 3.63) is 62.5 Å². The molecule has 2 atom stereocenters. The molecular weight excluding hydrogens is 330 g/mol. The summed E-state index contributed by atoms with van der Waals surface area (Å²) in [5, 5.41) is 0. The minimum Gasteiger partial charge on any atom is -0.307 e. The molecule has 1 saturated carbocycles. The Morgan fingerprint density at radius 1 is 1.35 bits per heavy atom. The van der Waals surface area contributed by atoms with Gasteiger partial charge < -0.3 is 5.43 Å². The molecule has 136 valence electrons. The molecule has 3 aliphatic rings. The second kappa shape index (κ2) is 6.48. The average Bonchev–Trinajstić information content (AvgIpc) is 3.36. The van der Waals surface area contributed by atoms with E-state index in [4.69, 9.17) is 0 Å². The van der Waals surface area contributed by atoms with E-state index in [1.54, 1.807) is 4.57 Å². The highest BCUT2D eigenvalue weighted by Crippen LogP contribution is 2.31. The van der Waals surface area contributed by atoms with E-state index in [1.165, 1.54) is 18.7 Å². The summed E-state index contributed by atoms with van der Waals surface area (Å²) in [7, 11) is 1.51. The first-order valence-electron chi connectivity index (χ1n) is 8.95. The quantitative estimate of drug-likeness (QED) is 0.783. The van der Waals surface area contributed by atoms with E-state index in [1.807, 2.05) is 12.4 Å². The number of rotatable bonds is 5. The Hall–Kier alpha value is -2.83. The van der Waals surface area contributed by atoms with Crippen LogP contribution in [0.15, 0.2) is 56.2 Å². The summed E-state index contributed by atoms with van der Waals surface area (Å²) in [6.45, 7) is 2.71. The number of allylic oxidation sites excluding steroid dienone is 2. The molecule has 0 aromatic carbocycles. The second-order valence-corrected chi connectivity index (χ2v) is 7.24. The fourth-order valence-corrected chi connectivity index (χ4v) is 3.34. The number of aliphatic imine (C=N–C) groups is 1. The van der Waals surface area contributed by atoms with Crippen molar-refractivity contribution in [3.63, 3.8) is 0 Å². The Morgan fingerprint density at radius 2 is 2.15 bits per heavy atom. The first-order valence-corrected chi connectivity index (χ1v) is 8.95. The molecule has 26 heavy (non-hydrogen) atoms. The molecule has 0 saturated heterocycles. The second-order valence-electron chi connectivity index (χ2n) is 7.24. The molecule has 0 bridgehead atoms. The van der Waals surface area contributed by atoms with Crippen molar-refractivity contribution in [1.29, 1.82) is 0 Å². The summed E-state index contributed by atoms with van der Waals surface area (Å²) in [5.41, 5.74) is 7.72. The van der Waals surface area contributed by atoms with Gasteiger partial charge in [-0.2, -0.15) is 0 Å². The van der Waals surface area contributed by atoms with Gasteiger partial charge in [-0.15, -0.1) is 0 Å². The minimum absolute atomic E-state index is 0.156. The van der Waals surface area contributed by atoms with Crippen molar-refractivity contribution in [2.24, 2.45) is 23.9 Å². The highest BCUT2D eigenvalue weighted by Gasteiger charge is 2.27. The number of nitrogens with zero attached hydrogens (tertiary/aromatic N) is 3. The van der Waals surface area contributed by atoms with Crippen LogP contribution in [0.5, 0.6) is 0 Å².